The van der Waals surface area contributed by atoms with Crippen molar-refractivity contribution in [2.24, 2.45) is 0 Å². The number of ether oxygens (including phenoxy) is 1. The van der Waals surface area contributed by atoms with Gasteiger partial charge < -0.3 is 25.2 Å². The quantitative estimate of drug-likeness (QED) is 0.279. The molecular formula is C35H48ClN3O6. The van der Waals surface area contributed by atoms with Gasteiger partial charge in [-0.15, -0.1) is 12.4 Å². The van der Waals surface area contributed by atoms with Crippen LogP contribution in [0.1, 0.15) is 99.0 Å². The van der Waals surface area contributed by atoms with Gasteiger partial charge in [0.05, 0.1) is 11.2 Å². The largest absolute Gasteiger partial charge is 0.478 e. The number of unbranched alkanes of at least 4 members (excludes halogenated alkanes) is 1. The van der Waals surface area contributed by atoms with E-state index in [1.807, 2.05) is 36.1 Å². The number of piperidine rings is 1. The molecule has 1 atom stereocenters. The van der Waals surface area contributed by atoms with Gasteiger partial charge in [0.25, 0.3) is 0 Å². The lowest BCUT2D eigenvalue weighted by atomic mass is 9.79. The molecule has 2 aliphatic heterocycles. The Bertz CT molecular complexity index is 1330. The fourth-order valence-electron chi connectivity index (χ4n) is 7.15. The summed E-state index contributed by atoms with van der Waals surface area (Å²) in [5, 5.41) is 23.6. The number of halogens is 1. The molecule has 1 aliphatic carbocycles. The summed E-state index contributed by atoms with van der Waals surface area (Å²) >= 11 is 0. The third-order valence-corrected chi connectivity index (χ3v) is 9.82. The predicted octanol–water partition coefficient (Wildman–Crippen LogP) is 5.84. The molecule has 9 nitrogen and oxygen atoms in total. The van der Waals surface area contributed by atoms with E-state index in [1.165, 1.54) is 6.07 Å². The van der Waals surface area contributed by atoms with Gasteiger partial charge in [0.2, 0.25) is 11.8 Å². The number of carboxylic acids is 1. The summed E-state index contributed by atoms with van der Waals surface area (Å²) in [6.07, 6.45) is 8.77. The van der Waals surface area contributed by atoms with Gasteiger partial charge in [0.1, 0.15) is 23.1 Å². The van der Waals surface area contributed by atoms with Crippen molar-refractivity contribution >= 4 is 30.2 Å². The summed E-state index contributed by atoms with van der Waals surface area (Å²) in [5.74, 6) is 0.217. The van der Waals surface area contributed by atoms with Crippen LogP contribution in [0.5, 0.6) is 11.5 Å². The molecule has 0 bridgehead atoms. The number of nitrogens with zero attached hydrogens (tertiary/aromatic N) is 2. The van der Waals surface area contributed by atoms with Crippen LogP contribution in [0.4, 0.5) is 0 Å². The maximum atomic E-state index is 13.9. The smallest absolute Gasteiger partial charge is 0.335 e. The number of likely N-dealkylation sites (tertiary alicyclic amines) is 1. The van der Waals surface area contributed by atoms with E-state index in [0.717, 1.165) is 56.2 Å². The Morgan fingerprint density at radius 3 is 2.27 bits per heavy atom. The van der Waals surface area contributed by atoms with Crippen molar-refractivity contribution < 1.29 is 29.3 Å². The number of aliphatic hydroxyl groups is 1. The van der Waals surface area contributed by atoms with Crippen molar-refractivity contribution in [2.45, 2.75) is 108 Å². The fourth-order valence-corrected chi connectivity index (χ4v) is 7.15. The highest BCUT2D eigenvalue weighted by molar-refractivity contribution is 6.00. The van der Waals surface area contributed by atoms with Crippen LogP contribution in [0.2, 0.25) is 0 Å². The Labute approximate surface area is 272 Å². The Balaban J connectivity index is 0.00000461. The zero-order valence-corrected chi connectivity index (χ0v) is 27.4. The molecule has 10 heteroatoms. The minimum atomic E-state index is -0.967. The third kappa shape index (κ3) is 7.99. The monoisotopic (exact) mass is 641 g/mol. The minimum absolute atomic E-state index is 0. The summed E-state index contributed by atoms with van der Waals surface area (Å²) in [6.45, 7) is 6.61. The zero-order chi connectivity index (χ0) is 31.3. The molecular weight excluding hydrogens is 594 g/mol. The first-order valence-electron chi connectivity index (χ1n) is 16.3. The summed E-state index contributed by atoms with van der Waals surface area (Å²) in [4.78, 5) is 43.1. The van der Waals surface area contributed by atoms with Crippen LogP contribution < -0.4 is 10.1 Å². The topological polar surface area (TPSA) is 119 Å². The normalized spacial score (nSPS) is 21.5. The molecule has 2 saturated heterocycles. The van der Waals surface area contributed by atoms with E-state index in [1.54, 1.807) is 12.1 Å². The lowest BCUT2D eigenvalue weighted by Gasteiger charge is -2.52. The molecule has 2 aromatic carbocycles. The molecule has 3 fully saturated rings. The number of hydrogen-bond acceptors (Lipinski definition) is 6. The van der Waals surface area contributed by atoms with E-state index in [4.69, 9.17) is 4.74 Å². The third-order valence-electron chi connectivity index (χ3n) is 9.82. The highest BCUT2D eigenvalue weighted by atomic mass is 35.5. The highest BCUT2D eigenvalue weighted by Crippen LogP contribution is 2.37. The number of carbonyl (C=O) groups excluding carboxylic acids is 2. The summed E-state index contributed by atoms with van der Waals surface area (Å²) in [6, 6.07) is 12.0. The Morgan fingerprint density at radius 1 is 1.00 bits per heavy atom. The maximum Gasteiger partial charge on any atom is 0.335 e. The van der Waals surface area contributed by atoms with Gasteiger partial charge in [0.15, 0.2) is 0 Å². The average Bonchev–Trinajstić information content (AvgIpc) is 3.23. The summed E-state index contributed by atoms with van der Waals surface area (Å²) < 4.78 is 5.99. The maximum absolute atomic E-state index is 13.9. The fraction of sp³-hybridized carbons (Fsp3) is 0.571. The van der Waals surface area contributed by atoms with E-state index in [-0.39, 0.29) is 29.8 Å². The molecule has 246 valence electrons. The van der Waals surface area contributed by atoms with Gasteiger partial charge >= 0.3 is 5.97 Å². The van der Waals surface area contributed by atoms with Crippen LogP contribution in [0.3, 0.4) is 0 Å². The van der Waals surface area contributed by atoms with Crippen molar-refractivity contribution in [3.8, 4) is 11.5 Å². The SMILES string of the molecule is CCCCN1C(=O)[C@@H](CC2(O)CCCCCC2)NC(=O)C12CCN(Cc1ccc(Oc3ccc(C(=O)O)cc3C)cc1)CC2.Cl. The van der Waals surface area contributed by atoms with Crippen molar-refractivity contribution in [1.82, 2.24) is 15.1 Å². The Hall–Kier alpha value is -3.14. The second-order valence-corrected chi connectivity index (χ2v) is 13.1. The van der Waals surface area contributed by atoms with Crippen molar-refractivity contribution in [1.29, 1.82) is 0 Å². The first-order chi connectivity index (χ1) is 21.1. The van der Waals surface area contributed by atoms with Gasteiger partial charge in [-0.05, 0) is 80.5 Å². The van der Waals surface area contributed by atoms with Crippen LogP contribution in [-0.2, 0) is 16.1 Å². The molecule has 5 rings (SSSR count). The molecule has 1 saturated carbocycles. The molecule has 3 aliphatic rings. The van der Waals surface area contributed by atoms with E-state index in [0.29, 0.717) is 63.2 Å². The number of aromatic carboxylic acids is 1. The van der Waals surface area contributed by atoms with Crippen LogP contribution in [0.15, 0.2) is 42.5 Å². The van der Waals surface area contributed by atoms with Gasteiger partial charge in [-0.1, -0.05) is 51.2 Å². The van der Waals surface area contributed by atoms with Crippen LogP contribution in [-0.4, -0.2) is 74.6 Å². The van der Waals surface area contributed by atoms with Crippen molar-refractivity contribution in [2.75, 3.05) is 19.6 Å². The second-order valence-electron chi connectivity index (χ2n) is 13.1. The van der Waals surface area contributed by atoms with E-state index < -0.39 is 23.2 Å². The highest BCUT2D eigenvalue weighted by Gasteiger charge is 2.54. The van der Waals surface area contributed by atoms with E-state index in [2.05, 4.69) is 17.1 Å². The predicted molar refractivity (Wildman–Crippen MR) is 175 cm³/mol. The second kappa shape index (κ2) is 15.0. The molecule has 0 radical (unpaired) electrons. The van der Waals surface area contributed by atoms with E-state index >= 15 is 0 Å². The Morgan fingerprint density at radius 2 is 1.67 bits per heavy atom. The van der Waals surface area contributed by atoms with E-state index in [9.17, 15) is 24.6 Å². The number of amides is 2. The van der Waals surface area contributed by atoms with Crippen LogP contribution in [0, 0.1) is 6.92 Å². The number of benzene rings is 2. The first-order valence-corrected chi connectivity index (χ1v) is 16.3. The summed E-state index contributed by atoms with van der Waals surface area (Å²) in [7, 11) is 0. The molecule has 0 unspecified atom stereocenters. The molecule has 2 amide bonds. The molecule has 2 heterocycles. The van der Waals surface area contributed by atoms with Gasteiger partial charge in [0, 0.05) is 32.6 Å². The molecule has 3 N–H and O–H groups in total. The average molecular weight is 642 g/mol. The number of piperazine rings is 1. The van der Waals surface area contributed by atoms with Gasteiger partial charge in [-0.2, -0.15) is 0 Å². The number of carboxylic acid groups (broad SMARTS) is 1. The van der Waals surface area contributed by atoms with Gasteiger partial charge in [-0.25, -0.2) is 4.79 Å². The van der Waals surface area contributed by atoms with Gasteiger partial charge in [-0.3, -0.25) is 14.5 Å². The van der Waals surface area contributed by atoms with Crippen LogP contribution >= 0.6 is 12.4 Å². The molecule has 45 heavy (non-hydrogen) atoms. The first kappa shape index (κ1) is 34.7. The standard InChI is InChI=1S/C35H47N3O6.ClH/c1-3-4-19-38-31(39)29(23-34(43)15-7-5-6-8-16-34)36-33(42)35(38)17-20-37(21-18-35)24-26-9-12-28(13-10-26)44-30-14-11-27(32(40)41)22-25(30)2;/h9-14,22,29,43H,3-8,15-21,23-24H2,1-2H3,(H,36,42)(H,40,41);1H/t29-;/m1./s1. The number of hydrogen-bond donors (Lipinski definition) is 3. The number of aryl methyl sites for hydroxylation is 1. The summed E-state index contributed by atoms with van der Waals surface area (Å²) in [5.41, 5.74) is 0.372. The lowest BCUT2D eigenvalue weighted by molar-refractivity contribution is -0.163. The zero-order valence-electron chi connectivity index (χ0n) is 26.6. The molecule has 1 spiro atoms. The number of nitrogens with one attached hydrogen (secondary N) is 1. The van der Waals surface area contributed by atoms with Crippen LogP contribution in [0.25, 0.3) is 0 Å². The van der Waals surface area contributed by atoms with Crippen molar-refractivity contribution in [3.63, 3.8) is 0 Å². The van der Waals surface area contributed by atoms with Crippen molar-refractivity contribution in [3.05, 3.63) is 59.2 Å². The molecule has 0 aromatic heterocycles. The number of carbonyl (C=O) groups is 3. The minimum Gasteiger partial charge on any atom is -0.478 e. The molecule has 2 aromatic rings. The lowest BCUT2D eigenvalue weighted by Crippen LogP contribution is -2.73. The Kier molecular flexibility index (Phi) is 11.6. The number of rotatable bonds is 10.